The number of benzene rings is 1. The average molecular weight is 404 g/mol. The zero-order valence-corrected chi connectivity index (χ0v) is 15.2. The van der Waals surface area contributed by atoms with Crippen molar-refractivity contribution in [1.82, 2.24) is 5.32 Å². The standard InChI is InChI=1S/C15H20Br2N2O/c1-9(2)18-13-5-4-6-19(15(13)20)14-11(16)7-10(3)8-12(14)17/h7-9,13,18H,4-6H2,1-3H3. The van der Waals surface area contributed by atoms with E-state index in [4.69, 9.17) is 0 Å². The number of hydrogen-bond donors (Lipinski definition) is 1. The van der Waals surface area contributed by atoms with Gasteiger partial charge in [-0.05, 0) is 69.3 Å². The minimum Gasteiger partial charge on any atom is -0.309 e. The molecule has 0 bridgehead atoms. The topological polar surface area (TPSA) is 32.3 Å². The van der Waals surface area contributed by atoms with Crippen molar-refractivity contribution >= 4 is 43.5 Å². The number of piperidine rings is 1. The van der Waals surface area contributed by atoms with Crippen LogP contribution in [0.4, 0.5) is 5.69 Å². The van der Waals surface area contributed by atoms with Gasteiger partial charge in [-0.1, -0.05) is 13.8 Å². The van der Waals surface area contributed by atoms with E-state index >= 15 is 0 Å². The second-order valence-corrected chi connectivity index (χ2v) is 7.29. The summed E-state index contributed by atoms with van der Waals surface area (Å²) in [6.07, 6.45) is 1.93. The highest BCUT2D eigenvalue weighted by atomic mass is 79.9. The Kier molecular flexibility index (Phi) is 5.26. The molecular formula is C15H20Br2N2O. The molecule has 5 heteroatoms. The lowest BCUT2D eigenvalue weighted by Gasteiger charge is -2.34. The van der Waals surface area contributed by atoms with Crippen LogP contribution in [-0.2, 0) is 4.79 Å². The van der Waals surface area contributed by atoms with Crippen molar-refractivity contribution in [3.63, 3.8) is 0 Å². The van der Waals surface area contributed by atoms with Crippen LogP contribution in [0.25, 0.3) is 0 Å². The molecule has 20 heavy (non-hydrogen) atoms. The summed E-state index contributed by atoms with van der Waals surface area (Å²) < 4.78 is 1.92. The van der Waals surface area contributed by atoms with Gasteiger partial charge in [-0.3, -0.25) is 4.79 Å². The lowest BCUT2D eigenvalue weighted by molar-refractivity contribution is -0.121. The van der Waals surface area contributed by atoms with Gasteiger partial charge >= 0.3 is 0 Å². The van der Waals surface area contributed by atoms with E-state index in [2.05, 4.69) is 51.0 Å². The quantitative estimate of drug-likeness (QED) is 0.826. The number of nitrogens with zero attached hydrogens (tertiary/aromatic N) is 1. The number of amides is 1. The van der Waals surface area contributed by atoms with Crippen LogP contribution in [-0.4, -0.2) is 24.5 Å². The van der Waals surface area contributed by atoms with Crippen LogP contribution in [0.3, 0.4) is 0 Å². The highest BCUT2D eigenvalue weighted by molar-refractivity contribution is 9.11. The van der Waals surface area contributed by atoms with Crippen LogP contribution >= 0.6 is 31.9 Å². The zero-order valence-electron chi connectivity index (χ0n) is 12.0. The predicted molar refractivity (Wildman–Crippen MR) is 90.2 cm³/mol. The van der Waals surface area contributed by atoms with Crippen LogP contribution in [0.5, 0.6) is 0 Å². The van der Waals surface area contributed by atoms with E-state index in [-0.39, 0.29) is 11.9 Å². The minimum absolute atomic E-state index is 0.0798. The molecule has 1 aromatic carbocycles. The molecule has 0 saturated carbocycles. The Labute approximate surface area is 137 Å². The maximum Gasteiger partial charge on any atom is 0.244 e. The highest BCUT2D eigenvalue weighted by Gasteiger charge is 2.31. The second kappa shape index (κ2) is 6.58. The summed E-state index contributed by atoms with van der Waals surface area (Å²) >= 11 is 7.17. The monoisotopic (exact) mass is 402 g/mol. The Morgan fingerprint density at radius 1 is 1.30 bits per heavy atom. The number of carbonyl (C=O) groups is 1. The first-order valence-corrected chi connectivity index (χ1v) is 8.52. The molecule has 1 heterocycles. The molecule has 1 N–H and O–H groups in total. The fourth-order valence-electron chi connectivity index (χ4n) is 2.60. The summed E-state index contributed by atoms with van der Waals surface area (Å²) in [5.74, 6) is 0.162. The van der Waals surface area contributed by atoms with E-state index in [1.807, 2.05) is 24.0 Å². The van der Waals surface area contributed by atoms with E-state index in [1.165, 1.54) is 0 Å². The first-order chi connectivity index (χ1) is 9.40. The van der Waals surface area contributed by atoms with Gasteiger partial charge in [-0.25, -0.2) is 0 Å². The van der Waals surface area contributed by atoms with Crippen LogP contribution < -0.4 is 10.2 Å². The lowest BCUT2D eigenvalue weighted by Crippen LogP contribution is -2.52. The van der Waals surface area contributed by atoms with Crippen molar-refractivity contribution in [3.05, 3.63) is 26.6 Å². The van der Waals surface area contributed by atoms with Gasteiger partial charge in [-0.15, -0.1) is 0 Å². The fourth-order valence-corrected chi connectivity index (χ4v) is 4.45. The number of halogens is 2. The molecule has 1 atom stereocenters. The molecule has 1 aromatic rings. The third-order valence-corrected chi connectivity index (χ3v) is 4.61. The van der Waals surface area contributed by atoms with Gasteiger partial charge in [0.2, 0.25) is 5.91 Å². The van der Waals surface area contributed by atoms with E-state index < -0.39 is 0 Å². The van der Waals surface area contributed by atoms with Gasteiger partial charge in [0.05, 0.1) is 11.7 Å². The third-order valence-electron chi connectivity index (χ3n) is 3.40. The van der Waals surface area contributed by atoms with Crippen molar-refractivity contribution in [2.45, 2.75) is 45.7 Å². The summed E-state index contributed by atoms with van der Waals surface area (Å²) in [6, 6.07) is 4.33. The average Bonchev–Trinajstić information content (AvgIpc) is 2.32. The van der Waals surface area contributed by atoms with E-state index in [0.717, 1.165) is 39.6 Å². The molecule has 3 nitrogen and oxygen atoms in total. The molecule has 1 saturated heterocycles. The highest BCUT2D eigenvalue weighted by Crippen LogP contribution is 2.37. The van der Waals surface area contributed by atoms with Gasteiger partial charge in [0, 0.05) is 21.5 Å². The summed E-state index contributed by atoms with van der Waals surface area (Å²) in [5.41, 5.74) is 2.10. The van der Waals surface area contributed by atoms with Gasteiger partial charge < -0.3 is 10.2 Å². The molecule has 1 amide bonds. The molecule has 0 aromatic heterocycles. The van der Waals surface area contributed by atoms with Gasteiger partial charge in [0.1, 0.15) is 0 Å². The number of hydrogen-bond acceptors (Lipinski definition) is 2. The fraction of sp³-hybridized carbons (Fsp3) is 0.533. The summed E-state index contributed by atoms with van der Waals surface area (Å²) in [7, 11) is 0. The van der Waals surface area contributed by atoms with Crippen molar-refractivity contribution in [1.29, 1.82) is 0 Å². The van der Waals surface area contributed by atoms with Crippen molar-refractivity contribution in [2.75, 3.05) is 11.4 Å². The van der Waals surface area contributed by atoms with Crippen molar-refractivity contribution in [3.8, 4) is 0 Å². The molecule has 0 spiro atoms. The van der Waals surface area contributed by atoms with E-state index in [0.29, 0.717) is 6.04 Å². The molecular weight excluding hydrogens is 384 g/mol. The molecule has 110 valence electrons. The number of anilines is 1. The summed E-state index contributed by atoms with van der Waals surface area (Å²) in [5, 5.41) is 3.36. The molecule has 1 unspecified atom stereocenters. The Morgan fingerprint density at radius 2 is 1.90 bits per heavy atom. The zero-order chi connectivity index (χ0) is 14.9. The minimum atomic E-state index is -0.0798. The van der Waals surface area contributed by atoms with Gasteiger partial charge in [-0.2, -0.15) is 0 Å². The molecule has 1 aliphatic heterocycles. The summed E-state index contributed by atoms with van der Waals surface area (Å²) in [4.78, 5) is 14.6. The summed E-state index contributed by atoms with van der Waals surface area (Å²) in [6.45, 7) is 6.96. The Hall–Kier alpha value is -0.390. The predicted octanol–water partition coefficient (Wildman–Crippen LogP) is 4.01. The third kappa shape index (κ3) is 3.43. The SMILES string of the molecule is Cc1cc(Br)c(N2CCCC(NC(C)C)C2=O)c(Br)c1. The van der Waals surface area contributed by atoms with Crippen LogP contribution in [0.2, 0.25) is 0 Å². The van der Waals surface area contributed by atoms with Gasteiger partial charge in [0.15, 0.2) is 0 Å². The first kappa shape index (κ1) is 16.0. The van der Waals surface area contributed by atoms with Crippen molar-refractivity contribution < 1.29 is 4.79 Å². The van der Waals surface area contributed by atoms with Crippen LogP contribution in [0.1, 0.15) is 32.3 Å². The molecule has 0 radical (unpaired) electrons. The lowest BCUT2D eigenvalue weighted by atomic mass is 10.0. The largest absolute Gasteiger partial charge is 0.309 e. The van der Waals surface area contributed by atoms with Crippen molar-refractivity contribution in [2.24, 2.45) is 0 Å². The normalized spacial score (nSPS) is 19.8. The van der Waals surface area contributed by atoms with E-state index in [9.17, 15) is 4.79 Å². The number of aryl methyl sites for hydroxylation is 1. The van der Waals surface area contributed by atoms with E-state index in [1.54, 1.807) is 0 Å². The Bertz CT molecular complexity index is 494. The molecule has 0 aliphatic carbocycles. The van der Waals surface area contributed by atoms with Crippen LogP contribution in [0, 0.1) is 6.92 Å². The van der Waals surface area contributed by atoms with Crippen LogP contribution in [0.15, 0.2) is 21.1 Å². The Morgan fingerprint density at radius 3 is 2.45 bits per heavy atom. The molecule has 1 fully saturated rings. The maximum atomic E-state index is 12.7. The first-order valence-electron chi connectivity index (χ1n) is 6.93. The molecule has 1 aliphatic rings. The smallest absolute Gasteiger partial charge is 0.244 e. The number of carbonyl (C=O) groups excluding carboxylic acids is 1. The Balaban J connectivity index is 2.30. The number of rotatable bonds is 3. The second-order valence-electron chi connectivity index (χ2n) is 5.58. The number of nitrogens with one attached hydrogen (secondary N) is 1. The van der Waals surface area contributed by atoms with Gasteiger partial charge in [0.25, 0.3) is 0 Å². The maximum absolute atomic E-state index is 12.7. The molecule has 2 rings (SSSR count).